The van der Waals surface area contributed by atoms with Gasteiger partial charge in [0.05, 0.1) is 22.5 Å². The lowest BCUT2D eigenvalue weighted by atomic mass is 10.2. The minimum absolute atomic E-state index is 0.213. The number of carbonyl (C=O) groups excluding carboxylic acids is 1. The maximum absolute atomic E-state index is 12.7. The molecule has 0 aliphatic rings. The lowest BCUT2D eigenvalue weighted by Crippen LogP contribution is -2.27. The number of carbonyl (C=O) groups is 1. The van der Waals surface area contributed by atoms with E-state index in [0.29, 0.717) is 5.03 Å². The van der Waals surface area contributed by atoms with Crippen LogP contribution in [0, 0.1) is 0 Å². The van der Waals surface area contributed by atoms with E-state index in [1.54, 1.807) is 6.07 Å². The van der Waals surface area contributed by atoms with Crippen LogP contribution >= 0.6 is 11.8 Å². The second-order valence-electron chi connectivity index (χ2n) is 4.58. The summed E-state index contributed by atoms with van der Waals surface area (Å²) in [6.45, 7) is 1.94. The molecule has 2 aromatic rings. The van der Waals surface area contributed by atoms with Crippen molar-refractivity contribution in [3.63, 3.8) is 0 Å². The Labute approximate surface area is 145 Å². The predicted molar refractivity (Wildman–Crippen MR) is 86.1 cm³/mol. The lowest BCUT2D eigenvalue weighted by molar-refractivity contribution is -0.0438. The molecule has 0 radical (unpaired) electrons. The number of hydrogen-bond acceptors (Lipinski definition) is 6. The maximum atomic E-state index is 12.7. The number of nitrogens with one attached hydrogen (secondary N) is 1. The first-order valence-corrected chi connectivity index (χ1v) is 9.30. The number of hydrogen-bond donors (Lipinski definition) is 1. The summed E-state index contributed by atoms with van der Waals surface area (Å²) in [5, 5.41) is 1.68. The molecule has 11 heteroatoms. The van der Waals surface area contributed by atoms with E-state index in [-0.39, 0.29) is 5.69 Å². The Kier molecular flexibility index (Phi) is 5.68. The molecule has 0 spiro atoms. The van der Waals surface area contributed by atoms with Gasteiger partial charge in [-0.05, 0) is 30.0 Å². The summed E-state index contributed by atoms with van der Waals surface area (Å²) in [6.07, 6.45) is 2.19. The van der Waals surface area contributed by atoms with Crippen LogP contribution in [0.3, 0.4) is 0 Å². The number of aromatic nitrogens is 2. The van der Waals surface area contributed by atoms with Crippen molar-refractivity contribution in [3.8, 4) is 0 Å². The van der Waals surface area contributed by atoms with Crippen molar-refractivity contribution in [1.29, 1.82) is 0 Å². The molecule has 0 bridgehead atoms. The molecule has 2 rings (SSSR count). The van der Waals surface area contributed by atoms with E-state index in [0.717, 1.165) is 18.0 Å². The van der Waals surface area contributed by atoms with Gasteiger partial charge in [-0.25, -0.2) is 18.4 Å². The highest BCUT2D eigenvalue weighted by molar-refractivity contribution is 7.99. The number of amides is 1. The average molecular weight is 391 g/mol. The van der Waals surface area contributed by atoms with Gasteiger partial charge in [-0.1, -0.05) is 6.92 Å². The highest BCUT2D eigenvalue weighted by Crippen LogP contribution is 2.31. The van der Waals surface area contributed by atoms with Gasteiger partial charge in [0.25, 0.3) is 15.7 Å². The van der Waals surface area contributed by atoms with Crippen molar-refractivity contribution in [3.05, 3.63) is 42.2 Å². The van der Waals surface area contributed by atoms with Gasteiger partial charge in [0.1, 0.15) is 0 Å². The molecule has 0 aliphatic heterocycles. The van der Waals surface area contributed by atoms with Gasteiger partial charge in [-0.15, -0.1) is 11.8 Å². The fourth-order valence-electron chi connectivity index (χ4n) is 1.77. The van der Waals surface area contributed by atoms with Crippen LogP contribution in [-0.2, 0) is 9.84 Å². The largest absolute Gasteiger partial charge is 0.503 e. The summed E-state index contributed by atoms with van der Waals surface area (Å²) in [7, 11) is -5.75. The SMILES string of the molecule is CCSc1ccc(NC(=O)c2cccnc2S(=O)(=O)C(F)(F)F)cn1. The second kappa shape index (κ2) is 7.40. The van der Waals surface area contributed by atoms with Gasteiger partial charge in [-0.3, -0.25) is 4.79 Å². The number of rotatable bonds is 5. The molecule has 0 fully saturated rings. The van der Waals surface area contributed by atoms with Crippen molar-refractivity contribution < 1.29 is 26.4 Å². The van der Waals surface area contributed by atoms with Crippen molar-refractivity contribution in [2.24, 2.45) is 0 Å². The molecule has 0 atom stereocenters. The Morgan fingerprint density at radius 1 is 1.24 bits per heavy atom. The Morgan fingerprint density at radius 3 is 2.52 bits per heavy atom. The van der Waals surface area contributed by atoms with Crippen molar-refractivity contribution in [2.75, 3.05) is 11.1 Å². The van der Waals surface area contributed by atoms with Gasteiger partial charge in [0.2, 0.25) is 0 Å². The molecule has 6 nitrogen and oxygen atoms in total. The molecule has 1 amide bonds. The van der Waals surface area contributed by atoms with Crippen LogP contribution in [0.2, 0.25) is 0 Å². The fraction of sp³-hybridized carbons (Fsp3) is 0.214. The number of pyridine rings is 2. The number of halogens is 3. The number of alkyl halides is 3. The number of thioether (sulfide) groups is 1. The molecule has 0 unspecified atom stereocenters. The van der Waals surface area contributed by atoms with Crippen LogP contribution in [0.4, 0.5) is 18.9 Å². The Bertz CT molecular complexity index is 869. The van der Waals surface area contributed by atoms with E-state index in [1.165, 1.54) is 30.1 Å². The summed E-state index contributed by atoms with van der Waals surface area (Å²) in [5.74, 6) is -0.235. The summed E-state index contributed by atoms with van der Waals surface area (Å²) in [6, 6.07) is 5.26. The quantitative estimate of drug-likeness (QED) is 0.788. The predicted octanol–water partition coefficient (Wildman–Crippen LogP) is 3.13. The molecule has 0 saturated carbocycles. The first-order valence-electron chi connectivity index (χ1n) is 6.83. The molecule has 0 aromatic carbocycles. The minimum Gasteiger partial charge on any atom is -0.321 e. The zero-order chi connectivity index (χ0) is 18.7. The van der Waals surface area contributed by atoms with E-state index in [4.69, 9.17) is 0 Å². The third-order valence-electron chi connectivity index (χ3n) is 2.86. The summed E-state index contributed by atoms with van der Waals surface area (Å²) < 4.78 is 61.3. The number of sulfone groups is 1. The maximum Gasteiger partial charge on any atom is 0.503 e. The van der Waals surface area contributed by atoms with Crippen LogP contribution in [0.5, 0.6) is 0 Å². The molecule has 0 aliphatic carbocycles. The van der Waals surface area contributed by atoms with E-state index in [9.17, 15) is 26.4 Å². The van der Waals surface area contributed by atoms with Crippen molar-refractivity contribution in [1.82, 2.24) is 9.97 Å². The van der Waals surface area contributed by atoms with E-state index < -0.39 is 31.8 Å². The summed E-state index contributed by atoms with van der Waals surface area (Å²) in [5.41, 5.74) is -6.05. The molecule has 134 valence electrons. The Balaban J connectivity index is 2.32. The first-order chi connectivity index (χ1) is 11.7. The summed E-state index contributed by atoms with van der Waals surface area (Å²) >= 11 is 1.47. The normalized spacial score (nSPS) is 12.0. The summed E-state index contributed by atoms with van der Waals surface area (Å²) in [4.78, 5) is 19.5. The fourth-order valence-corrected chi connectivity index (χ4v) is 3.23. The van der Waals surface area contributed by atoms with Crippen LogP contribution in [0.15, 0.2) is 46.7 Å². The first kappa shape index (κ1) is 19.2. The lowest BCUT2D eigenvalue weighted by Gasteiger charge is -2.11. The van der Waals surface area contributed by atoms with Gasteiger partial charge in [-0.2, -0.15) is 13.2 Å². The van der Waals surface area contributed by atoms with E-state index in [1.807, 2.05) is 6.92 Å². The topological polar surface area (TPSA) is 89.0 Å². The average Bonchev–Trinajstić information content (AvgIpc) is 2.56. The van der Waals surface area contributed by atoms with Crippen molar-refractivity contribution in [2.45, 2.75) is 22.5 Å². The molecule has 25 heavy (non-hydrogen) atoms. The molecule has 2 aromatic heterocycles. The molecular weight excluding hydrogens is 379 g/mol. The van der Waals surface area contributed by atoms with Crippen LogP contribution in [0.1, 0.15) is 17.3 Å². The Hall–Kier alpha value is -2.14. The number of anilines is 1. The Morgan fingerprint density at radius 2 is 1.96 bits per heavy atom. The van der Waals surface area contributed by atoms with Crippen LogP contribution in [0.25, 0.3) is 0 Å². The molecule has 1 N–H and O–H groups in total. The standard InChI is InChI=1S/C14H12F3N3O3S2/c1-2-24-11-6-5-9(8-19-11)20-12(21)10-4-3-7-18-13(10)25(22,23)14(15,16)17/h3-8H,2H2,1H3,(H,20,21). The van der Waals surface area contributed by atoms with Gasteiger partial charge in [0, 0.05) is 6.20 Å². The monoisotopic (exact) mass is 391 g/mol. The number of nitrogens with zero attached hydrogens (tertiary/aromatic N) is 2. The van der Waals surface area contributed by atoms with Gasteiger partial charge < -0.3 is 5.32 Å². The third-order valence-corrected chi connectivity index (χ3v) is 5.13. The highest BCUT2D eigenvalue weighted by atomic mass is 32.2. The van der Waals surface area contributed by atoms with Crippen LogP contribution in [-0.4, -0.2) is 35.6 Å². The van der Waals surface area contributed by atoms with Crippen LogP contribution < -0.4 is 5.32 Å². The second-order valence-corrected chi connectivity index (χ2v) is 7.72. The third kappa shape index (κ3) is 4.28. The van der Waals surface area contributed by atoms with Gasteiger partial charge >= 0.3 is 5.51 Å². The zero-order valence-corrected chi connectivity index (χ0v) is 14.4. The zero-order valence-electron chi connectivity index (χ0n) is 12.7. The highest BCUT2D eigenvalue weighted by Gasteiger charge is 2.49. The smallest absolute Gasteiger partial charge is 0.321 e. The van der Waals surface area contributed by atoms with E-state index >= 15 is 0 Å². The minimum atomic E-state index is -5.75. The van der Waals surface area contributed by atoms with Gasteiger partial charge in [0.15, 0.2) is 5.03 Å². The molecule has 0 saturated heterocycles. The van der Waals surface area contributed by atoms with E-state index in [2.05, 4.69) is 15.3 Å². The van der Waals surface area contributed by atoms with Crippen molar-refractivity contribution >= 4 is 33.2 Å². The molecular formula is C14H12F3N3O3S2. The molecule has 2 heterocycles.